The monoisotopic (exact) mass is 358 g/mol. The molecule has 2 N–H and O–H groups in total. The lowest BCUT2D eigenvalue weighted by Gasteiger charge is -2.09. The molecule has 0 fully saturated rings. The van der Waals surface area contributed by atoms with Gasteiger partial charge in [-0.25, -0.2) is 0 Å². The highest BCUT2D eigenvalue weighted by atomic mass is 16.2. The van der Waals surface area contributed by atoms with Crippen LogP contribution in [-0.2, 0) is 17.9 Å². The van der Waals surface area contributed by atoms with Gasteiger partial charge < -0.3 is 10.6 Å². The van der Waals surface area contributed by atoms with Crippen LogP contribution in [0.25, 0.3) is 0 Å². The second-order valence-electron chi connectivity index (χ2n) is 6.23. The van der Waals surface area contributed by atoms with Gasteiger partial charge in [0.15, 0.2) is 0 Å². The third-order valence-electron chi connectivity index (χ3n) is 4.19. The van der Waals surface area contributed by atoms with Crippen LogP contribution in [0.1, 0.15) is 27.9 Å². The van der Waals surface area contributed by atoms with Crippen molar-refractivity contribution in [3.8, 4) is 0 Å². The van der Waals surface area contributed by atoms with Gasteiger partial charge in [0.25, 0.3) is 11.8 Å². The van der Waals surface area contributed by atoms with Gasteiger partial charge in [-0.05, 0) is 35.8 Å². The summed E-state index contributed by atoms with van der Waals surface area (Å²) in [5.41, 5.74) is 3.29. The van der Waals surface area contributed by atoms with Crippen molar-refractivity contribution in [3.63, 3.8) is 0 Å². The number of carbonyl (C=O) groups excluding carboxylic acids is 2. The van der Waals surface area contributed by atoms with E-state index in [9.17, 15) is 9.59 Å². The van der Waals surface area contributed by atoms with Gasteiger partial charge in [0.05, 0.1) is 0 Å². The zero-order chi connectivity index (χ0) is 18.9. The fraction of sp³-hybridized carbons (Fsp3) is 0.130. The van der Waals surface area contributed by atoms with Crippen LogP contribution in [0.5, 0.6) is 0 Å². The molecule has 1 aliphatic carbocycles. The average molecular weight is 358 g/mol. The molecule has 0 aromatic heterocycles. The molecule has 2 aromatic rings. The first-order chi connectivity index (χ1) is 13.2. The van der Waals surface area contributed by atoms with E-state index in [4.69, 9.17) is 0 Å². The number of amides is 2. The Morgan fingerprint density at radius 2 is 1.52 bits per heavy atom. The molecular weight excluding hydrogens is 336 g/mol. The Balaban J connectivity index is 1.53. The maximum atomic E-state index is 12.3. The summed E-state index contributed by atoms with van der Waals surface area (Å²) in [5, 5.41) is 5.86. The van der Waals surface area contributed by atoms with Gasteiger partial charge in [0.2, 0.25) is 0 Å². The molecule has 3 rings (SSSR count). The van der Waals surface area contributed by atoms with Crippen molar-refractivity contribution >= 4 is 11.8 Å². The Bertz CT molecular complexity index is 896. The van der Waals surface area contributed by atoms with Crippen LogP contribution in [-0.4, -0.2) is 11.8 Å². The van der Waals surface area contributed by atoms with Crippen LogP contribution < -0.4 is 10.6 Å². The van der Waals surface area contributed by atoms with E-state index in [0.29, 0.717) is 24.2 Å². The van der Waals surface area contributed by atoms with Gasteiger partial charge in [-0.3, -0.25) is 9.59 Å². The Kier molecular flexibility index (Phi) is 6.36. The maximum Gasteiger partial charge on any atom is 0.251 e. The van der Waals surface area contributed by atoms with Gasteiger partial charge in [-0.2, -0.15) is 0 Å². The minimum absolute atomic E-state index is 0.0854. The summed E-state index contributed by atoms with van der Waals surface area (Å²) in [6.45, 7) is 0.882. The lowest BCUT2D eigenvalue weighted by atomic mass is 10.1. The molecule has 0 bridgehead atoms. The van der Waals surface area contributed by atoms with Crippen molar-refractivity contribution in [1.82, 2.24) is 10.6 Å². The zero-order valence-electron chi connectivity index (χ0n) is 15.0. The summed E-state index contributed by atoms with van der Waals surface area (Å²) in [6, 6.07) is 17.0. The van der Waals surface area contributed by atoms with Crippen LogP contribution in [0.2, 0.25) is 0 Å². The Hall–Kier alpha value is -3.40. The lowest BCUT2D eigenvalue weighted by Crippen LogP contribution is -2.24. The highest BCUT2D eigenvalue weighted by Gasteiger charge is 2.07. The summed E-state index contributed by atoms with van der Waals surface area (Å²) in [6.07, 6.45) is 10.3. The zero-order valence-corrected chi connectivity index (χ0v) is 15.0. The number of benzene rings is 2. The molecular formula is C23H22N2O2. The minimum Gasteiger partial charge on any atom is -0.348 e. The molecule has 0 saturated heterocycles. The normalized spacial score (nSPS) is 12.8. The fourth-order valence-corrected chi connectivity index (χ4v) is 2.76. The minimum atomic E-state index is -0.102. The highest BCUT2D eigenvalue weighted by molar-refractivity contribution is 5.96. The maximum absolute atomic E-state index is 12.3. The van der Waals surface area contributed by atoms with Crippen molar-refractivity contribution in [2.75, 3.05) is 0 Å². The lowest BCUT2D eigenvalue weighted by molar-refractivity contribution is -0.117. The summed E-state index contributed by atoms with van der Waals surface area (Å²) in [5.74, 6) is -0.187. The van der Waals surface area contributed by atoms with E-state index in [1.54, 1.807) is 12.1 Å². The molecule has 0 unspecified atom stereocenters. The first-order valence-electron chi connectivity index (χ1n) is 8.95. The first-order valence-corrected chi connectivity index (χ1v) is 8.95. The van der Waals surface area contributed by atoms with Gasteiger partial charge >= 0.3 is 0 Å². The Morgan fingerprint density at radius 3 is 2.26 bits per heavy atom. The standard InChI is InChI=1S/C23H22N2O2/c26-22(20-11-4-1-2-5-12-20)24-16-18-9-8-10-19(15-18)17-25-23(27)21-13-6-3-7-14-21/h1-4,6-15H,5,16-17H2,(H,24,26)(H,25,27). The fourth-order valence-electron chi connectivity index (χ4n) is 2.76. The molecule has 0 radical (unpaired) electrons. The van der Waals surface area contributed by atoms with E-state index in [2.05, 4.69) is 10.6 Å². The average Bonchev–Trinajstić information content (AvgIpc) is 3.01. The SMILES string of the molecule is O=C(NCc1cccc(CNC(=O)c2ccccc2)c1)C1=CCC=CC=C1. The topological polar surface area (TPSA) is 58.2 Å². The van der Waals surface area contributed by atoms with Crippen LogP contribution in [0.4, 0.5) is 0 Å². The van der Waals surface area contributed by atoms with Gasteiger partial charge in [0.1, 0.15) is 0 Å². The number of hydrogen-bond acceptors (Lipinski definition) is 2. The molecule has 136 valence electrons. The number of nitrogens with one attached hydrogen (secondary N) is 2. The third kappa shape index (κ3) is 5.54. The summed E-state index contributed by atoms with van der Waals surface area (Å²) < 4.78 is 0. The van der Waals surface area contributed by atoms with Gasteiger partial charge in [0, 0.05) is 24.2 Å². The number of allylic oxidation sites excluding steroid dienone is 4. The highest BCUT2D eigenvalue weighted by Crippen LogP contribution is 2.08. The van der Waals surface area contributed by atoms with E-state index < -0.39 is 0 Å². The molecule has 27 heavy (non-hydrogen) atoms. The molecule has 2 amide bonds. The van der Waals surface area contributed by atoms with E-state index in [1.165, 1.54) is 0 Å². The smallest absolute Gasteiger partial charge is 0.251 e. The largest absolute Gasteiger partial charge is 0.348 e. The second-order valence-corrected chi connectivity index (χ2v) is 6.23. The van der Waals surface area contributed by atoms with Crippen LogP contribution in [0, 0.1) is 0 Å². The van der Waals surface area contributed by atoms with Crippen LogP contribution in [0.15, 0.2) is 90.6 Å². The quantitative estimate of drug-likeness (QED) is 0.828. The predicted octanol–water partition coefficient (Wildman–Crippen LogP) is 3.68. The van der Waals surface area contributed by atoms with E-state index in [0.717, 1.165) is 17.5 Å². The molecule has 2 aromatic carbocycles. The second kappa shape index (κ2) is 9.34. The van der Waals surface area contributed by atoms with Crippen molar-refractivity contribution in [2.45, 2.75) is 19.5 Å². The number of hydrogen-bond donors (Lipinski definition) is 2. The van der Waals surface area contributed by atoms with Gasteiger partial charge in [-0.15, -0.1) is 0 Å². The summed E-state index contributed by atoms with van der Waals surface area (Å²) >= 11 is 0. The van der Waals surface area contributed by atoms with Crippen LogP contribution in [0.3, 0.4) is 0 Å². The molecule has 4 nitrogen and oxygen atoms in total. The van der Waals surface area contributed by atoms with Crippen LogP contribution >= 0.6 is 0 Å². The van der Waals surface area contributed by atoms with E-state index in [-0.39, 0.29) is 11.8 Å². The number of carbonyl (C=O) groups is 2. The summed E-state index contributed by atoms with van der Waals surface area (Å²) in [7, 11) is 0. The summed E-state index contributed by atoms with van der Waals surface area (Å²) in [4.78, 5) is 24.4. The Morgan fingerprint density at radius 1 is 0.815 bits per heavy atom. The Labute approximate surface area is 159 Å². The van der Waals surface area contributed by atoms with E-state index in [1.807, 2.05) is 72.8 Å². The molecule has 0 atom stereocenters. The third-order valence-corrected chi connectivity index (χ3v) is 4.19. The molecule has 4 heteroatoms. The van der Waals surface area contributed by atoms with Gasteiger partial charge in [-0.1, -0.05) is 66.8 Å². The predicted molar refractivity (Wildman–Crippen MR) is 107 cm³/mol. The number of rotatable bonds is 6. The van der Waals surface area contributed by atoms with Crippen molar-refractivity contribution in [1.29, 1.82) is 0 Å². The van der Waals surface area contributed by atoms with Crippen molar-refractivity contribution in [3.05, 3.63) is 107 Å². The molecule has 0 heterocycles. The van der Waals surface area contributed by atoms with Crippen molar-refractivity contribution in [2.24, 2.45) is 0 Å². The molecule has 0 saturated carbocycles. The van der Waals surface area contributed by atoms with Crippen molar-refractivity contribution < 1.29 is 9.59 Å². The molecule has 0 aliphatic heterocycles. The first kappa shape index (κ1) is 18.4. The van der Waals surface area contributed by atoms with E-state index >= 15 is 0 Å². The molecule has 1 aliphatic rings. The molecule has 0 spiro atoms.